The molecule has 1 heterocycles. The molecular weight excluding hydrogens is 244 g/mol. The maximum atomic E-state index is 3.50. The van der Waals surface area contributed by atoms with Crippen LogP contribution in [-0.2, 0) is 6.54 Å². The minimum Gasteiger partial charge on any atom is -0.342 e. The average molecular weight is 270 g/mol. The molecule has 1 aromatic heterocycles. The molecule has 0 saturated carbocycles. The van der Waals surface area contributed by atoms with E-state index in [0.29, 0.717) is 6.04 Å². The lowest BCUT2D eigenvalue weighted by atomic mass is 10.1. The van der Waals surface area contributed by atoms with E-state index in [1.807, 2.05) is 0 Å². The second-order valence-corrected chi connectivity index (χ2v) is 5.53. The summed E-state index contributed by atoms with van der Waals surface area (Å²) in [5.74, 6) is 0. The van der Waals surface area contributed by atoms with E-state index in [9.17, 15) is 0 Å². The van der Waals surface area contributed by atoms with Crippen LogP contribution in [0.1, 0.15) is 48.8 Å². The summed E-state index contributed by atoms with van der Waals surface area (Å²) in [4.78, 5) is 0. The molecule has 20 heavy (non-hydrogen) atoms. The maximum Gasteiger partial charge on any atom is 0.0556 e. The molecule has 0 amide bonds. The largest absolute Gasteiger partial charge is 0.342 e. The Bertz CT molecular complexity index is 540. The number of nitrogens with one attached hydrogen (secondary N) is 1. The first-order valence-electron chi connectivity index (χ1n) is 7.58. The van der Waals surface area contributed by atoms with Crippen LogP contribution in [0.2, 0.25) is 0 Å². The van der Waals surface area contributed by atoms with Crippen LogP contribution in [0.15, 0.2) is 36.4 Å². The third kappa shape index (κ3) is 3.13. The van der Waals surface area contributed by atoms with E-state index in [4.69, 9.17) is 0 Å². The highest BCUT2D eigenvalue weighted by Gasteiger charge is 2.15. The van der Waals surface area contributed by atoms with Crippen molar-refractivity contribution in [3.05, 3.63) is 58.9 Å². The van der Waals surface area contributed by atoms with Gasteiger partial charge in [0.1, 0.15) is 0 Å². The number of hydrogen-bond acceptors (Lipinski definition) is 1. The molecule has 0 spiro atoms. The van der Waals surface area contributed by atoms with E-state index in [2.05, 4.69) is 74.0 Å². The maximum absolute atomic E-state index is 3.50. The van der Waals surface area contributed by atoms with Gasteiger partial charge in [-0.25, -0.2) is 0 Å². The molecule has 0 aliphatic heterocycles. The third-order valence-electron chi connectivity index (χ3n) is 4.00. The smallest absolute Gasteiger partial charge is 0.0556 e. The summed E-state index contributed by atoms with van der Waals surface area (Å²) in [6.45, 7) is 11.0. The Hall–Kier alpha value is -1.54. The first-order valence-corrected chi connectivity index (χ1v) is 7.58. The molecule has 2 rings (SSSR count). The van der Waals surface area contributed by atoms with Gasteiger partial charge < -0.3 is 9.88 Å². The molecule has 0 fully saturated rings. The molecule has 1 aromatic carbocycles. The number of hydrogen-bond donors (Lipinski definition) is 1. The number of aryl methyl sites for hydroxylation is 1. The first kappa shape index (κ1) is 14.9. The normalized spacial score (nSPS) is 12.6. The molecule has 108 valence electrons. The molecular formula is C18H26N2. The lowest BCUT2D eigenvalue weighted by Gasteiger charge is -2.19. The van der Waals surface area contributed by atoms with Gasteiger partial charge in [-0.05, 0) is 50.9 Å². The lowest BCUT2D eigenvalue weighted by molar-refractivity contribution is 0.603. The summed E-state index contributed by atoms with van der Waals surface area (Å²) < 4.78 is 2.44. The van der Waals surface area contributed by atoms with Gasteiger partial charge in [0.05, 0.1) is 6.04 Å². The van der Waals surface area contributed by atoms with Crippen LogP contribution in [0.3, 0.4) is 0 Å². The van der Waals surface area contributed by atoms with Crippen molar-refractivity contribution in [2.45, 2.75) is 46.7 Å². The van der Waals surface area contributed by atoms with Gasteiger partial charge in [-0.1, -0.05) is 37.3 Å². The van der Waals surface area contributed by atoms with Gasteiger partial charge in [0.2, 0.25) is 0 Å². The fraction of sp³-hybridized carbons (Fsp3) is 0.444. The summed E-state index contributed by atoms with van der Waals surface area (Å²) in [5.41, 5.74) is 5.50. The molecule has 1 N–H and O–H groups in total. The van der Waals surface area contributed by atoms with Gasteiger partial charge >= 0.3 is 0 Å². The second-order valence-electron chi connectivity index (χ2n) is 5.53. The van der Waals surface area contributed by atoms with Crippen LogP contribution in [-0.4, -0.2) is 11.1 Å². The predicted octanol–water partition coefficient (Wildman–Crippen LogP) is 4.21. The van der Waals surface area contributed by atoms with E-state index in [-0.39, 0.29) is 0 Å². The van der Waals surface area contributed by atoms with Crippen LogP contribution in [0, 0.1) is 13.8 Å². The Balaban J connectivity index is 2.24. The number of benzene rings is 1. The average Bonchev–Trinajstić information content (AvgIpc) is 2.74. The van der Waals surface area contributed by atoms with E-state index in [1.54, 1.807) is 0 Å². The van der Waals surface area contributed by atoms with Crippen LogP contribution in [0.25, 0.3) is 0 Å². The predicted molar refractivity (Wildman–Crippen MR) is 86.2 cm³/mol. The summed E-state index contributed by atoms with van der Waals surface area (Å²) in [7, 11) is 0. The highest BCUT2D eigenvalue weighted by molar-refractivity contribution is 5.30. The molecule has 2 aromatic rings. The van der Waals surface area contributed by atoms with Gasteiger partial charge in [-0.2, -0.15) is 0 Å². The fourth-order valence-electron chi connectivity index (χ4n) is 2.90. The Kier molecular flexibility index (Phi) is 5.02. The molecule has 2 heteroatoms. The van der Waals surface area contributed by atoms with E-state index in [1.165, 1.54) is 28.9 Å². The van der Waals surface area contributed by atoms with Gasteiger partial charge in [-0.15, -0.1) is 0 Å². The van der Waals surface area contributed by atoms with Crippen molar-refractivity contribution in [1.82, 2.24) is 9.88 Å². The van der Waals surface area contributed by atoms with Crippen molar-refractivity contribution < 1.29 is 0 Å². The fourth-order valence-corrected chi connectivity index (χ4v) is 2.90. The second kappa shape index (κ2) is 6.76. The Labute approximate surface area is 122 Å². The third-order valence-corrected chi connectivity index (χ3v) is 4.00. The molecule has 0 radical (unpaired) electrons. The molecule has 2 nitrogen and oxygen atoms in total. The topological polar surface area (TPSA) is 17.0 Å². The molecule has 0 aliphatic rings. The van der Waals surface area contributed by atoms with Crippen molar-refractivity contribution in [2.75, 3.05) is 6.54 Å². The first-order chi connectivity index (χ1) is 9.65. The minimum absolute atomic E-state index is 0.385. The minimum atomic E-state index is 0.385. The standard InChI is InChI=1S/C18H26N2/c1-5-11-19-13-18-12-14(2)20(16(18)4)15(3)17-9-7-6-8-10-17/h6-10,12,15,19H,5,11,13H2,1-4H3/t15-/m1/s1. The van der Waals surface area contributed by atoms with Crippen LogP contribution in [0.4, 0.5) is 0 Å². The zero-order valence-electron chi connectivity index (χ0n) is 13.1. The Morgan fingerprint density at radius 3 is 2.50 bits per heavy atom. The van der Waals surface area contributed by atoms with Crippen molar-refractivity contribution >= 4 is 0 Å². The number of rotatable bonds is 6. The number of aromatic nitrogens is 1. The lowest BCUT2D eigenvalue weighted by Crippen LogP contribution is -2.15. The van der Waals surface area contributed by atoms with Crippen LogP contribution in [0.5, 0.6) is 0 Å². The quantitative estimate of drug-likeness (QED) is 0.778. The number of nitrogens with zero attached hydrogens (tertiary/aromatic N) is 1. The van der Waals surface area contributed by atoms with Crippen molar-refractivity contribution in [3.8, 4) is 0 Å². The van der Waals surface area contributed by atoms with Gasteiger partial charge in [0.25, 0.3) is 0 Å². The molecule has 1 atom stereocenters. The van der Waals surface area contributed by atoms with E-state index >= 15 is 0 Å². The van der Waals surface area contributed by atoms with Gasteiger partial charge in [0.15, 0.2) is 0 Å². The summed E-state index contributed by atoms with van der Waals surface area (Å²) in [5, 5.41) is 3.50. The van der Waals surface area contributed by atoms with E-state index < -0.39 is 0 Å². The summed E-state index contributed by atoms with van der Waals surface area (Å²) in [6.07, 6.45) is 1.18. The van der Waals surface area contributed by atoms with Crippen molar-refractivity contribution in [1.29, 1.82) is 0 Å². The van der Waals surface area contributed by atoms with Crippen molar-refractivity contribution in [2.24, 2.45) is 0 Å². The van der Waals surface area contributed by atoms with E-state index in [0.717, 1.165) is 13.1 Å². The SMILES string of the molecule is CCCNCc1cc(C)n([C@H](C)c2ccccc2)c1C. The molecule has 0 unspecified atom stereocenters. The summed E-state index contributed by atoms with van der Waals surface area (Å²) >= 11 is 0. The Morgan fingerprint density at radius 1 is 1.15 bits per heavy atom. The highest BCUT2D eigenvalue weighted by Crippen LogP contribution is 2.25. The summed E-state index contributed by atoms with van der Waals surface area (Å²) in [6, 6.07) is 13.4. The van der Waals surface area contributed by atoms with Crippen molar-refractivity contribution in [3.63, 3.8) is 0 Å². The zero-order chi connectivity index (χ0) is 14.5. The molecule has 0 saturated heterocycles. The monoisotopic (exact) mass is 270 g/mol. The van der Waals surface area contributed by atoms with Gasteiger partial charge in [0, 0.05) is 17.9 Å². The van der Waals surface area contributed by atoms with Gasteiger partial charge in [-0.3, -0.25) is 0 Å². The molecule has 0 aliphatic carbocycles. The Morgan fingerprint density at radius 2 is 1.85 bits per heavy atom. The highest BCUT2D eigenvalue weighted by atomic mass is 15.0. The molecule has 0 bridgehead atoms. The van der Waals surface area contributed by atoms with Crippen LogP contribution < -0.4 is 5.32 Å². The zero-order valence-corrected chi connectivity index (χ0v) is 13.1. The van der Waals surface area contributed by atoms with Crippen LogP contribution >= 0.6 is 0 Å².